The molecule has 51 heavy (non-hydrogen) atoms. The maximum Gasteiger partial charge on any atom is 1.00 e. The van der Waals surface area contributed by atoms with E-state index in [0.29, 0.717) is 10.2 Å². The zero-order valence-electron chi connectivity index (χ0n) is 30.3. The zero-order chi connectivity index (χ0) is 38.2. The van der Waals surface area contributed by atoms with Crippen molar-refractivity contribution in [2.75, 3.05) is 33.8 Å². The first-order chi connectivity index (χ1) is 23.2. The van der Waals surface area contributed by atoms with Crippen LogP contribution in [0, 0.1) is 0 Å². The van der Waals surface area contributed by atoms with Gasteiger partial charge in [-0.25, -0.2) is 0 Å². The van der Waals surface area contributed by atoms with Crippen LogP contribution in [0.1, 0.15) is 40.5 Å². The summed E-state index contributed by atoms with van der Waals surface area (Å²) in [6, 6.07) is 16.0. The van der Waals surface area contributed by atoms with Gasteiger partial charge < -0.3 is 28.8 Å². The van der Waals surface area contributed by atoms with Gasteiger partial charge in [-0.2, -0.15) is 16.8 Å². The summed E-state index contributed by atoms with van der Waals surface area (Å²) in [4.78, 5) is 0. The number of ether oxygens (including phenoxy) is 5. The first-order valence-corrected chi connectivity index (χ1v) is 20.9. The molecule has 3 aromatic carbocycles. The molecule has 0 saturated heterocycles. The molecule has 0 aliphatic rings. The van der Waals surface area contributed by atoms with Crippen molar-refractivity contribution in [2.24, 2.45) is 0 Å². The van der Waals surface area contributed by atoms with Crippen molar-refractivity contribution >= 4 is 68.0 Å². The van der Waals surface area contributed by atoms with Gasteiger partial charge in [0.2, 0.25) is 0 Å². The van der Waals surface area contributed by atoms with Crippen molar-refractivity contribution in [3.63, 3.8) is 0 Å². The van der Waals surface area contributed by atoms with Gasteiger partial charge in [0.25, 0.3) is 20.2 Å². The Hall–Kier alpha value is -1.28. The van der Waals surface area contributed by atoms with Gasteiger partial charge in [-0.1, -0.05) is 27.7 Å². The molecule has 0 amide bonds. The Morgan fingerprint density at radius 3 is 1.18 bits per heavy atom. The summed E-state index contributed by atoms with van der Waals surface area (Å²) in [7, 11) is -2.19. The standard InChI is InChI=1S/C19H22Br2O4.C7H7BrO2.C7H16O6S2.Na/c1-12(24-18-7-5-14(22-3)10-16(18)20)9-13(2)25-19-8-6-15(23-4)11-17(19)21;1-10-5-2-3-7(9)6(8)4-5;1-6(12-14(3,8)9)5-7(2)13-15(4,10)11;/h5-8,10-13H,9H2,1-4H3;2-4,9H,1H3;6-7H,5H2,1-4H3;/q;;;+1/p-1/t12-,13-;;6-,7-;/m0.1./s1. The van der Waals surface area contributed by atoms with E-state index in [0.717, 1.165) is 50.9 Å². The maximum atomic E-state index is 10.8. The number of benzene rings is 3. The zero-order valence-corrected chi connectivity index (χ0v) is 38.7. The van der Waals surface area contributed by atoms with E-state index in [1.807, 2.05) is 50.2 Å². The third-order valence-corrected chi connectivity index (χ3v) is 9.29. The molecule has 0 unspecified atom stereocenters. The molecule has 0 radical (unpaired) electrons. The fourth-order valence-electron chi connectivity index (χ4n) is 4.16. The number of hydrogen-bond acceptors (Lipinski definition) is 12. The summed E-state index contributed by atoms with van der Waals surface area (Å²) in [6.07, 6.45) is 1.57. The van der Waals surface area contributed by atoms with Crippen LogP contribution in [0.25, 0.3) is 0 Å². The van der Waals surface area contributed by atoms with Crippen molar-refractivity contribution in [1.82, 2.24) is 0 Å². The minimum atomic E-state index is -3.52. The van der Waals surface area contributed by atoms with E-state index >= 15 is 0 Å². The van der Waals surface area contributed by atoms with Crippen LogP contribution >= 0.6 is 47.8 Å². The maximum absolute atomic E-state index is 10.8. The average Bonchev–Trinajstić information content (AvgIpc) is 2.99. The second-order valence-corrected chi connectivity index (χ2v) is 16.7. The quantitative estimate of drug-likeness (QED) is 0.156. The van der Waals surface area contributed by atoms with Gasteiger partial charge in [0, 0.05) is 17.3 Å². The number of hydrogen-bond donors (Lipinski definition) is 0. The van der Waals surface area contributed by atoms with E-state index in [-0.39, 0.29) is 53.9 Å². The minimum Gasteiger partial charge on any atom is -0.872 e. The molecule has 0 fully saturated rings. The summed E-state index contributed by atoms with van der Waals surface area (Å²) in [5.74, 6) is 3.80. The first-order valence-electron chi connectivity index (χ1n) is 14.9. The Balaban J connectivity index is 0.000000816. The van der Waals surface area contributed by atoms with Gasteiger partial charge in [0.1, 0.15) is 28.7 Å². The van der Waals surface area contributed by atoms with E-state index in [9.17, 15) is 21.9 Å². The van der Waals surface area contributed by atoms with Gasteiger partial charge in [0.05, 0.1) is 67.2 Å². The molecule has 0 aromatic heterocycles. The Kier molecular flexibility index (Phi) is 23.6. The smallest absolute Gasteiger partial charge is 0.872 e. The topological polar surface area (TPSA) is 156 Å². The van der Waals surface area contributed by atoms with Crippen LogP contribution in [-0.2, 0) is 28.6 Å². The number of methoxy groups -OCH3 is 3. The average molecular weight is 960 g/mol. The molecule has 3 aromatic rings. The first kappa shape index (κ1) is 49.7. The van der Waals surface area contributed by atoms with Crippen LogP contribution in [0.2, 0.25) is 0 Å². The SMILES string of the molecule is COc1ccc(O[C@@H](C)C[C@H](C)Oc2ccc(OC)cc2Br)c(Br)c1.COc1ccc([O-])c(Br)c1.C[C@H](C[C@@H](C)OS(C)(=O)=O)OS(C)(=O)=O.[Na+]. The molecule has 4 atom stereocenters. The second kappa shape index (κ2) is 24.2. The Bertz CT molecular complexity index is 1620. The molecule has 12 nitrogen and oxygen atoms in total. The van der Waals surface area contributed by atoms with E-state index in [1.165, 1.54) is 19.9 Å². The third-order valence-electron chi connectivity index (χ3n) is 6.08. The molecule has 3 rings (SSSR count). The minimum absolute atomic E-state index is 0. The number of rotatable bonds is 15. The van der Waals surface area contributed by atoms with Gasteiger partial charge in [-0.15, -0.1) is 0 Å². The molecule has 18 heteroatoms. The van der Waals surface area contributed by atoms with Gasteiger partial charge in [-0.3, -0.25) is 8.37 Å². The second-order valence-electron chi connectivity index (χ2n) is 10.9. The van der Waals surface area contributed by atoms with Crippen LogP contribution < -0.4 is 58.3 Å². The summed E-state index contributed by atoms with van der Waals surface area (Å²) in [6.45, 7) is 7.12. The molecule has 0 N–H and O–H groups in total. The van der Waals surface area contributed by atoms with Crippen molar-refractivity contribution in [2.45, 2.75) is 65.0 Å². The summed E-state index contributed by atoms with van der Waals surface area (Å²) in [5.41, 5.74) is 0. The largest absolute Gasteiger partial charge is 1.00 e. The van der Waals surface area contributed by atoms with Crippen molar-refractivity contribution in [1.29, 1.82) is 0 Å². The molecule has 282 valence electrons. The Labute approximate surface area is 349 Å². The molecule has 0 aliphatic carbocycles. The molecule has 0 bridgehead atoms. The van der Waals surface area contributed by atoms with Crippen molar-refractivity contribution in [3.8, 4) is 34.5 Å². The molecule has 0 spiro atoms. The van der Waals surface area contributed by atoms with Crippen molar-refractivity contribution < 1.29 is 83.5 Å². The molecular weight excluding hydrogens is 915 g/mol. The van der Waals surface area contributed by atoms with Crippen LogP contribution in [0.4, 0.5) is 0 Å². The predicted octanol–water partition coefficient (Wildman–Crippen LogP) is 4.49. The van der Waals surface area contributed by atoms with E-state index < -0.39 is 32.4 Å². The normalized spacial score (nSPS) is 13.3. The fourth-order valence-corrected chi connectivity index (χ4v) is 6.77. The fraction of sp³-hybridized carbons (Fsp3) is 0.455. The van der Waals surface area contributed by atoms with Gasteiger partial charge >= 0.3 is 29.6 Å². The van der Waals surface area contributed by atoms with Crippen LogP contribution in [0.3, 0.4) is 0 Å². The van der Waals surface area contributed by atoms with E-state index in [1.54, 1.807) is 33.5 Å². The third kappa shape index (κ3) is 21.9. The summed E-state index contributed by atoms with van der Waals surface area (Å²) in [5, 5.41) is 10.8. The predicted molar refractivity (Wildman–Crippen MR) is 202 cm³/mol. The summed E-state index contributed by atoms with van der Waals surface area (Å²) >= 11 is 10.1. The Morgan fingerprint density at radius 2 is 0.882 bits per heavy atom. The number of halogens is 3. The molecule has 0 heterocycles. The Morgan fingerprint density at radius 1 is 0.569 bits per heavy atom. The van der Waals surface area contributed by atoms with E-state index in [2.05, 4.69) is 56.2 Å². The van der Waals surface area contributed by atoms with Crippen LogP contribution in [-0.4, -0.2) is 75.1 Å². The monoisotopic (exact) mass is 956 g/mol. The van der Waals surface area contributed by atoms with Gasteiger partial charge in [0.15, 0.2) is 0 Å². The van der Waals surface area contributed by atoms with E-state index in [4.69, 9.17) is 23.7 Å². The molecule has 0 aliphatic heterocycles. The molecule has 0 saturated carbocycles. The molecular formula is C33H44Br3NaO12S2. The van der Waals surface area contributed by atoms with Gasteiger partial charge in [-0.05, 0) is 108 Å². The van der Waals surface area contributed by atoms with Crippen molar-refractivity contribution in [3.05, 3.63) is 68.0 Å². The van der Waals surface area contributed by atoms with Crippen LogP contribution in [0.15, 0.2) is 68.0 Å². The summed E-state index contributed by atoms with van der Waals surface area (Å²) < 4.78 is 81.7. The van der Waals surface area contributed by atoms with Crippen LogP contribution in [0.5, 0.6) is 34.5 Å².